The van der Waals surface area contributed by atoms with Gasteiger partial charge in [0, 0.05) is 32.6 Å². The minimum Gasteiger partial charge on any atom is -0.370 e. The molecule has 1 aromatic rings. The lowest BCUT2D eigenvalue weighted by Gasteiger charge is -2.29. The number of piperidine rings is 1. The quantitative estimate of drug-likeness (QED) is 0.832. The third-order valence-corrected chi connectivity index (χ3v) is 4.40. The van der Waals surface area contributed by atoms with Crippen LogP contribution in [0.15, 0.2) is 29.3 Å². The summed E-state index contributed by atoms with van der Waals surface area (Å²) >= 11 is 0. The normalized spacial score (nSPS) is 21.8. The van der Waals surface area contributed by atoms with E-state index in [1.807, 2.05) is 0 Å². The summed E-state index contributed by atoms with van der Waals surface area (Å²) in [4.78, 5) is 9.94. The van der Waals surface area contributed by atoms with Gasteiger partial charge in [-0.3, -0.25) is 0 Å². The number of anilines is 1. The largest absolute Gasteiger partial charge is 0.370 e. The molecule has 3 nitrogen and oxygen atoms in total. The predicted octanol–water partition coefficient (Wildman–Crippen LogP) is 3.82. The Kier molecular flexibility index (Phi) is 4.24. The van der Waals surface area contributed by atoms with E-state index in [1.54, 1.807) is 0 Å². The van der Waals surface area contributed by atoms with Crippen LogP contribution in [0.2, 0.25) is 0 Å². The monoisotopic (exact) mass is 271 g/mol. The van der Waals surface area contributed by atoms with Gasteiger partial charge >= 0.3 is 0 Å². The molecule has 20 heavy (non-hydrogen) atoms. The van der Waals surface area contributed by atoms with Gasteiger partial charge in [0.05, 0.1) is 11.4 Å². The van der Waals surface area contributed by atoms with Crippen molar-refractivity contribution >= 4 is 17.2 Å². The Morgan fingerprint density at radius 2 is 1.75 bits per heavy atom. The highest BCUT2D eigenvalue weighted by molar-refractivity contribution is 5.87. The van der Waals surface area contributed by atoms with Crippen LogP contribution < -0.4 is 4.90 Å². The zero-order valence-corrected chi connectivity index (χ0v) is 12.5. The number of hydrogen-bond acceptors (Lipinski definition) is 2. The molecule has 0 atom stereocenters. The molecule has 0 unspecified atom stereocenters. The highest BCUT2D eigenvalue weighted by Gasteiger charge is 2.18. The molecule has 3 rings (SSSR count). The van der Waals surface area contributed by atoms with Crippen LogP contribution in [0.1, 0.15) is 39.0 Å². The van der Waals surface area contributed by atoms with E-state index < -0.39 is 0 Å². The van der Waals surface area contributed by atoms with Gasteiger partial charge in [0.25, 0.3) is 0 Å². The molecular formula is C17H25N3. The number of hydrogen-bond donors (Lipinski definition) is 0. The molecule has 2 aliphatic heterocycles. The first-order valence-corrected chi connectivity index (χ1v) is 8.05. The highest BCUT2D eigenvalue weighted by Crippen LogP contribution is 2.32. The van der Waals surface area contributed by atoms with E-state index >= 15 is 0 Å². The molecule has 2 fully saturated rings. The molecular weight excluding hydrogens is 246 g/mol. The summed E-state index contributed by atoms with van der Waals surface area (Å²) in [5, 5.41) is 0. The van der Waals surface area contributed by atoms with Gasteiger partial charge in [-0.05, 0) is 44.7 Å². The Balaban J connectivity index is 1.89. The molecule has 2 saturated heterocycles. The molecule has 1 aromatic carbocycles. The summed E-state index contributed by atoms with van der Waals surface area (Å²) in [5.41, 5.74) is 2.48. The maximum Gasteiger partial charge on any atom is 0.105 e. The zero-order valence-electron chi connectivity index (χ0n) is 12.5. The molecule has 0 radical (unpaired) electrons. The molecule has 3 heteroatoms. The van der Waals surface area contributed by atoms with Crippen LogP contribution >= 0.6 is 0 Å². The average molecular weight is 271 g/mol. The Morgan fingerprint density at radius 1 is 1.00 bits per heavy atom. The van der Waals surface area contributed by atoms with E-state index in [-0.39, 0.29) is 0 Å². The number of aliphatic imine (C=N–C) groups is 1. The van der Waals surface area contributed by atoms with Gasteiger partial charge < -0.3 is 9.80 Å². The SMILES string of the molecule is CCN1CCCC/C1=N\c1ccccc1N1CCCC1. The van der Waals surface area contributed by atoms with Crippen molar-refractivity contribution in [2.75, 3.05) is 31.1 Å². The summed E-state index contributed by atoms with van der Waals surface area (Å²) in [6, 6.07) is 8.64. The lowest BCUT2D eigenvalue weighted by atomic mass is 10.1. The zero-order chi connectivity index (χ0) is 13.8. The minimum absolute atomic E-state index is 1.07. The number of likely N-dealkylation sites (tertiary alicyclic amines) is 1. The van der Waals surface area contributed by atoms with Crippen molar-refractivity contribution in [2.24, 2.45) is 4.99 Å². The number of amidine groups is 1. The van der Waals surface area contributed by atoms with Gasteiger partial charge in [0.2, 0.25) is 0 Å². The first kappa shape index (κ1) is 13.5. The van der Waals surface area contributed by atoms with E-state index in [1.165, 1.54) is 56.8 Å². The van der Waals surface area contributed by atoms with Crippen molar-refractivity contribution < 1.29 is 0 Å². The van der Waals surface area contributed by atoms with Crippen molar-refractivity contribution in [1.29, 1.82) is 0 Å². The minimum atomic E-state index is 1.07. The first-order valence-electron chi connectivity index (χ1n) is 8.05. The van der Waals surface area contributed by atoms with Crippen LogP contribution in [-0.2, 0) is 0 Å². The highest BCUT2D eigenvalue weighted by atomic mass is 15.2. The van der Waals surface area contributed by atoms with E-state index in [2.05, 4.69) is 41.0 Å². The third kappa shape index (κ3) is 2.82. The molecule has 0 bridgehead atoms. The third-order valence-electron chi connectivity index (χ3n) is 4.40. The summed E-state index contributed by atoms with van der Waals surface area (Å²) in [6.07, 6.45) is 6.34. The number of benzene rings is 1. The summed E-state index contributed by atoms with van der Waals surface area (Å²) < 4.78 is 0. The lowest BCUT2D eigenvalue weighted by Crippen LogP contribution is -2.35. The van der Waals surface area contributed by atoms with Crippen LogP contribution in [0.25, 0.3) is 0 Å². The van der Waals surface area contributed by atoms with Gasteiger partial charge in [-0.1, -0.05) is 12.1 Å². The fraction of sp³-hybridized carbons (Fsp3) is 0.588. The van der Waals surface area contributed by atoms with Crippen molar-refractivity contribution in [3.63, 3.8) is 0 Å². The maximum absolute atomic E-state index is 5.02. The molecule has 0 saturated carbocycles. The molecule has 0 N–H and O–H groups in total. The summed E-state index contributed by atoms with van der Waals surface area (Å²) in [7, 11) is 0. The number of nitrogens with zero attached hydrogens (tertiary/aromatic N) is 3. The van der Waals surface area contributed by atoms with Crippen molar-refractivity contribution in [3.05, 3.63) is 24.3 Å². The van der Waals surface area contributed by atoms with Crippen LogP contribution in [0.5, 0.6) is 0 Å². The van der Waals surface area contributed by atoms with Crippen molar-refractivity contribution in [1.82, 2.24) is 4.90 Å². The van der Waals surface area contributed by atoms with Crippen molar-refractivity contribution in [2.45, 2.75) is 39.0 Å². The molecule has 0 amide bonds. The van der Waals surface area contributed by atoms with E-state index in [4.69, 9.17) is 4.99 Å². The van der Waals surface area contributed by atoms with Crippen LogP contribution in [0.4, 0.5) is 11.4 Å². The average Bonchev–Trinajstić information content (AvgIpc) is 3.02. The Morgan fingerprint density at radius 3 is 2.55 bits per heavy atom. The fourth-order valence-electron chi connectivity index (χ4n) is 3.26. The van der Waals surface area contributed by atoms with E-state index in [0.717, 1.165) is 18.7 Å². The van der Waals surface area contributed by atoms with Gasteiger partial charge in [0.15, 0.2) is 0 Å². The molecule has 0 aliphatic carbocycles. The van der Waals surface area contributed by atoms with Gasteiger partial charge in [0.1, 0.15) is 5.84 Å². The Labute approximate surface area is 122 Å². The van der Waals surface area contributed by atoms with E-state index in [9.17, 15) is 0 Å². The maximum atomic E-state index is 5.02. The number of rotatable bonds is 3. The summed E-state index contributed by atoms with van der Waals surface area (Å²) in [5.74, 6) is 1.28. The molecule has 2 aliphatic rings. The Bertz CT molecular complexity index is 475. The molecule has 2 heterocycles. The summed E-state index contributed by atoms with van der Waals surface area (Å²) in [6.45, 7) is 6.83. The standard InChI is InChI=1S/C17H25N3/c1-2-19-12-6-5-11-17(19)18-15-9-3-4-10-16(15)20-13-7-8-14-20/h3-4,9-10H,2,5-8,11-14H2,1H3/b18-17+. The molecule has 0 spiro atoms. The fourth-order valence-corrected chi connectivity index (χ4v) is 3.26. The molecule has 108 valence electrons. The van der Waals surface area contributed by atoms with Crippen LogP contribution in [0, 0.1) is 0 Å². The topological polar surface area (TPSA) is 18.8 Å². The predicted molar refractivity (Wildman–Crippen MR) is 86.1 cm³/mol. The molecule has 0 aromatic heterocycles. The van der Waals surface area contributed by atoms with E-state index in [0.29, 0.717) is 0 Å². The lowest BCUT2D eigenvalue weighted by molar-refractivity contribution is 0.387. The smallest absolute Gasteiger partial charge is 0.105 e. The first-order chi connectivity index (χ1) is 9.88. The van der Waals surface area contributed by atoms with Crippen LogP contribution in [0.3, 0.4) is 0 Å². The Hall–Kier alpha value is -1.51. The second-order valence-corrected chi connectivity index (χ2v) is 5.75. The number of para-hydroxylation sites is 2. The van der Waals surface area contributed by atoms with Crippen LogP contribution in [-0.4, -0.2) is 36.9 Å². The van der Waals surface area contributed by atoms with Gasteiger partial charge in [-0.15, -0.1) is 0 Å². The second kappa shape index (κ2) is 6.29. The van der Waals surface area contributed by atoms with Crippen molar-refractivity contribution in [3.8, 4) is 0 Å². The van der Waals surface area contributed by atoms with Gasteiger partial charge in [-0.2, -0.15) is 0 Å². The van der Waals surface area contributed by atoms with Gasteiger partial charge in [-0.25, -0.2) is 4.99 Å². The second-order valence-electron chi connectivity index (χ2n) is 5.75.